The summed E-state index contributed by atoms with van der Waals surface area (Å²) < 4.78 is 0. The second-order valence-electron chi connectivity index (χ2n) is 6.33. The first-order chi connectivity index (χ1) is 12.1. The Morgan fingerprint density at radius 3 is 2.08 bits per heavy atom. The summed E-state index contributed by atoms with van der Waals surface area (Å²) in [6.07, 6.45) is 1.48. The Kier molecular flexibility index (Phi) is 7.18. The van der Waals surface area contributed by atoms with Gasteiger partial charge in [-0.15, -0.1) is 12.4 Å². The van der Waals surface area contributed by atoms with Crippen LogP contribution in [0.2, 0.25) is 0 Å². The molecule has 1 heterocycles. The minimum Gasteiger partial charge on any atom is -0.352 e. The Labute approximate surface area is 160 Å². The highest BCUT2D eigenvalue weighted by atomic mass is 35.5. The molecule has 1 aliphatic rings. The van der Waals surface area contributed by atoms with Crippen LogP contribution in [0.5, 0.6) is 0 Å². The van der Waals surface area contributed by atoms with E-state index < -0.39 is 6.04 Å². The Bertz CT molecular complexity index is 716. The van der Waals surface area contributed by atoms with Crippen LogP contribution in [0.15, 0.2) is 60.7 Å². The molecule has 0 aromatic heterocycles. The topological polar surface area (TPSA) is 75.4 Å². The van der Waals surface area contributed by atoms with Crippen molar-refractivity contribution in [2.45, 2.75) is 24.9 Å². The molecule has 0 aliphatic carbocycles. The van der Waals surface area contributed by atoms with Gasteiger partial charge in [-0.3, -0.25) is 9.59 Å². The fourth-order valence-electron chi connectivity index (χ4n) is 3.09. The molecule has 1 atom stereocenters. The predicted molar refractivity (Wildman–Crippen MR) is 104 cm³/mol. The van der Waals surface area contributed by atoms with Gasteiger partial charge in [-0.25, -0.2) is 0 Å². The lowest BCUT2D eigenvalue weighted by molar-refractivity contribution is -0.123. The summed E-state index contributed by atoms with van der Waals surface area (Å²) in [5.41, 5.74) is 7.54. The number of rotatable bonds is 4. The van der Waals surface area contributed by atoms with Crippen molar-refractivity contribution in [3.8, 4) is 0 Å². The summed E-state index contributed by atoms with van der Waals surface area (Å²) in [5.74, 6) is -0.120. The van der Waals surface area contributed by atoms with Crippen LogP contribution < -0.4 is 11.1 Å². The van der Waals surface area contributed by atoms with Crippen LogP contribution in [0, 0.1) is 0 Å². The van der Waals surface area contributed by atoms with Crippen LogP contribution in [0.4, 0.5) is 0 Å². The standard InChI is InChI=1S/C20H23N3O2.ClH/c21-18(15-7-3-1-4-8-15)19(24)22-17-11-13-23(14-12-17)20(25)16-9-5-2-6-10-16;/h1-10,17-18H,11-14,21H2,(H,22,24);1H. The molecule has 138 valence electrons. The van der Waals surface area contributed by atoms with Gasteiger partial charge in [0.2, 0.25) is 5.91 Å². The van der Waals surface area contributed by atoms with Crippen molar-refractivity contribution < 1.29 is 9.59 Å². The molecule has 0 spiro atoms. The van der Waals surface area contributed by atoms with Crippen LogP contribution in [0.1, 0.15) is 34.8 Å². The molecule has 5 nitrogen and oxygen atoms in total. The zero-order valence-electron chi connectivity index (χ0n) is 14.5. The number of hydrogen-bond acceptors (Lipinski definition) is 3. The predicted octanol–water partition coefficient (Wildman–Crippen LogP) is 2.53. The quantitative estimate of drug-likeness (QED) is 0.864. The fourth-order valence-corrected chi connectivity index (χ4v) is 3.09. The lowest BCUT2D eigenvalue weighted by Gasteiger charge is -2.33. The molecule has 0 bridgehead atoms. The van der Waals surface area contributed by atoms with Gasteiger partial charge in [-0.1, -0.05) is 48.5 Å². The third kappa shape index (κ3) is 4.84. The third-order valence-electron chi connectivity index (χ3n) is 4.59. The minimum absolute atomic E-state index is 0. The fraction of sp³-hybridized carbons (Fsp3) is 0.300. The highest BCUT2D eigenvalue weighted by Gasteiger charge is 2.26. The van der Waals surface area contributed by atoms with Crippen molar-refractivity contribution in [2.75, 3.05) is 13.1 Å². The molecule has 3 rings (SSSR count). The molecule has 26 heavy (non-hydrogen) atoms. The molecule has 6 heteroatoms. The van der Waals surface area contributed by atoms with Crippen molar-refractivity contribution in [1.29, 1.82) is 0 Å². The maximum absolute atomic E-state index is 12.4. The molecule has 0 saturated carbocycles. The van der Waals surface area contributed by atoms with E-state index >= 15 is 0 Å². The number of carbonyl (C=O) groups is 2. The number of piperidine rings is 1. The Morgan fingerprint density at radius 2 is 1.50 bits per heavy atom. The number of halogens is 1. The third-order valence-corrected chi connectivity index (χ3v) is 4.59. The second-order valence-corrected chi connectivity index (χ2v) is 6.33. The van der Waals surface area contributed by atoms with E-state index in [0.717, 1.165) is 18.4 Å². The van der Waals surface area contributed by atoms with Gasteiger partial charge in [0.15, 0.2) is 0 Å². The average molecular weight is 374 g/mol. The number of nitrogens with two attached hydrogens (primary N) is 1. The maximum atomic E-state index is 12.4. The summed E-state index contributed by atoms with van der Waals surface area (Å²) in [4.78, 5) is 26.6. The lowest BCUT2D eigenvalue weighted by Crippen LogP contribution is -2.48. The zero-order chi connectivity index (χ0) is 17.6. The van der Waals surface area contributed by atoms with Crippen LogP contribution >= 0.6 is 12.4 Å². The minimum atomic E-state index is -0.662. The van der Waals surface area contributed by atoms with E-state index in [1.54, 1.807) is 0 Å². The maximum Gasteiger partial charge on any atom is 0.253 e. The second kappa shape index (κ2) is 9.36. The first-order valence-electron chi connectivity index (χ1n) is 8.60. The molecule has 1 fully saturated rings. The van der Waals surface area contributed by atoms with Crippen molar-refractivity contribution >= 4 is 24.2 Å². The van der Waals surface area contributed by atoms with Crippen LogP contribution in [-0.4, -0.2) is 35.8 Å². The van der Waals surface area contributed by atoms with E-state index in [9.17, 15) is 9.59 Å². The van der Waals surface area contributed by atoms with Crippen molar-refractivity contribution in [3.05, 3.63) is 71.8 Å². The van der Waals surface area contributed by atoms with E-state index in [1.807, 2.05) is 65.6 Å². The number of hydrogen-bond donors (Lipinski definition) is 2. The molecule has 2 aromatic carbocycles. The summed E-state index contributed by atoms with van der Waals surface area (Å²) in [7, 11) is 0. The number of carbonyl (C=O) groups excluding carboxylic acids is 2. The molecule has 2 aromatic rings. The van der Waals surface area contributed by atoms with E-state index in [2.05, 4.69) is 5.32 Å². The van der Waals surface area contributed by atoms with E-state index in [-0.39, 0.29) is 30.3 Å². The van der Waals surface area contributed by atoms with Gasteiger partial charge in [0.05, 0.1) is 0 Å². The highest BCUT2D eigenvalue weighted by molar-refractivity contribution is 5.94. The van der Waals surface area contributed by atoms with Gasteiger partial charge >= 0.3 is 0 Å². The molecular formula is C20H24ClN3O2. The lowest BCUT2D eigenvalue weighted by atomic mass is 10.0. The Morgan fingerprint density at radius 1 is 0.962 bits per heavy atom. The van der Waals surface area contributed by atoms with Gasteiger partial charge < -0.3 is 16.0 Å². The summed E-state index contributed by atoms with van der Waals surface area (Å²) in [5, 5.41) is 3.01. The largest absolute Gasteiger partial charge is 0.352 e. The van der Waals surface area contributed by atoms with Gasteiger partial charge in [-0.2, -0.15) is 0 Å². The van der Waals surface area contributed by atoms with Crippen molar-refractivity contribution in [2.24, 2.45) is 5.73 Å². The normalized spacial score (nSPS) is 15.7. The number of nitrogens with zero attached hydrogens (tertiary/aromatic N) is 1. The zero-order valence-corrected chi connectivity index (χ0v) is 15.3. The first-order valence-corrected chi connectivity index (χ1v) is 8.60. The van der Waals surface area contributed by atoms with Crippen molar-refractivity contribution in [3.63, 3.8) is 0 Å². The smallest absolute Gasteiger partial charge is 0.253 e. The summed E-state index contributed by atoms with van der Waals surface area (Å²) in [6.45, 7) is 1.28. The van der Waals surface area contributed by atoms with Gasteiger partial charge in [0, 0.05) is 24.7 Å². The van der Waals surface area contributed by atoms with E-state index in [1.165, 1.54) is 0 Å². The average Bonchev–Trinajstić information content (AvgIpc) is 2.68. The summed E-state index contributed by atoms with van der Waals surface area (Å²) >= 11 is 0. The van der Waals surface area contributed by atoms with E-state index in [4.69, 9.17) is 5.73 Å². The number of amides is 2. The SMILES string of the molecule is Cl.NC(C(=O)NC1CCN(C(=O)c2ccccc2)CC1)c1ccccc1. The Balaban J connectivity index is 0.00000243. The van der Waals surface area contributed by atoms with Crippen LogP contribution in [0.3, 0.4) is 0 Å². The highest BCUT2D eigenvalue weighted by Crippen LogP contribution is 2.16. The Hall–Kier alpha value is -2.37. The molecule has 1 aliphatic heterocycles. The number of benzene rings is 2. The molecule has 1 saturated heterocycles. The molecule has 3 N–H and O–H groups in total. The molecule has 2 amide bonds. The first kappa shape index (κ1) is 19.9. The molecular weight excluding hydrogens is 350 g/mol. The van der Waals surface area contributed by atoms with Gasteiger partial charge in [-0.05, 0) is 30.5 Å². The van der Waals surface area contributed by atoms with Crippen LogP contribution in [0.25, 0.3) is 0 Å². The van der Waals surface area contributed by atoms with E-state index in [0.29, 0.717) is 18.7 Å². The summed E-state index contributed by atoms with van der Waals surface area (Å²) in [6, 6.07) is 18.0. The molecule has 1 unspecified atom stereocenters. The van der Waals surface area contributed by atoms with Crippen molar-refractivity contribution in [1.82, 2.24) is 10.2 Å². The van der Waals surface area contributed by atoms with Gasteiger partial charge in [0.1, 0.15) is 6.04 Å². The monoisotopic (exact) mass is 373 g/mol. The number of nitrogens with one attached hydrogen (secondary N) is 1. The molecule has 0 radical (unpaired) electrons. The number of likely N-dealkylation sites (tertiary alicyclic amines) is 1. The van der Waals surface area contributed by atoms with Gasteiger partial charge in [0.25, 0.3) is 5.91 Å². The van der Waals surface area contributed by atoms with Crippen LogP contribution in [-0.2, 0) is 4.79 Å².